The van der Waals surface area contributed by atoms with E-state index in [1.54, 1.807) is 0 Å². The number of benzene rings is 2. The third-order valence-electron chi connectivity index (χ3n) is 9.56. The lowest BCUT2D eigenvalue weighted by Crippen LogP contribution is -2.56. The molecule has 1 amide bonds. The summed E-state index contributed by atoms with van der Waals surface area (Å²) in [4.78, 5) is 20.9. The highest BCUT2D eigenvalue weighted by atomic mass is 16.2. The Hall–Kier alpha value is -3.54. The number of aryl methyl sites for hydroxylation is 1. The summed E-state index contributed by atoms with van der Waals surface area (Å²) >= 11 is 0. The van der Waals surface area contributed by atoms with E-state index < -0.39 is 0 Å². The Morgan fingerprint density at radius 2 is 1.79 bits per heavy atom. The molecule has 3 aromatic rings. The van der Waals surface area contributed by atoms with Crippen molar-refractivity contribution in [3.05, 3.63) is 83.2 Å². The van der Waals surface area contributed by atoms with Crippen LogP contribution in [-0.2, 0) is 24.2 Å². The lowest BCUT2D eigenvalue weighted by atomic mass is 9.89. The van der Waals surface area contributed by atoms with Gasteiger partial charge in [0.15, 0.2) is 0 Å². The van der Waals surface area contributed by atoms with Crippen molar-refractivity contribution in [2.45, 2.75) is 91.3 Å². The van der Waals surface area contributed by atoms with Crippen molar-refractivity contribution < 1.29 is 4.79 Å². The van der Waals surface area contributed by atoms with Gasteiger partial charge in [0.1, 0.15) is 0 Å². The van der Waals surface area contributed by atoms with E-state index in [9.17, 15) is 4.79 Å². The van der Waals surface area contributed by atoms with Crippen LogP contribution in [0.4, 0.5) is 11.4 Å². The van der Waals surface area contributed by atoms with E-state index in [2.05, 4.69) is 103 Å². The van der Waals surface area contributed by atoms with Crippen LogP contribution < -0.4 is 9.80 Å². The molecule has 0 spiro atoms. The van der Waals surface area contributed by atoms with Gasteiger partial charge in [-0.15, -0.1) is 0 Å². The van der Waals surface area contributed by atoms with Gasteiger partial charge < -0.3 is 14.7 Å². The minimum atomic E-state index is 0.107. The molecule has 1 saturated heterocycles. The quantitative estimate of drug-likeness (QED) is 0.251. The number of allylic oxidation sites excluding steroid dienone is 2. The minimum Gasteiger partial charge on any atom is -0.371 e. The van der Waals surface area contributed by atoms with Crippen LogP contribution in [-0.4, -0.2) is 59.4 Å². The summed E-state index contributed by atoms with van der Waals surface area (Å²) in [6, 6.07) is 18.5. The number of anilines is 2. The summed E-state index contributed by atoms with van der Waals surface area (Å²) < 4.78 is 1.89. The Morgan fingerprint density at radius 3 is 2.43 bits per heavy atom. The fraction of sp³-hybridized carbons (Fsp3) is 0.500. The topological polar surface area (TPSA) is 44.6 Å². The van der Waals surface area contributed by atoms with Crippen LogP contribution in [0.1, 0.15) is 76.5 Å². The summed E-state index contributed by atoms with van der Waals surface area (Å²) in [5.41, 5.74) is 9.23. The molecular formula is C36H49N5O. The predicted octanol–water partition coefficient (Wildman–Crippen LogP) is 6.99. The second kappa shape index (κ2) is 13.6. The minimum absolute atomic E-state index is 0.107. The summed E-state index contributed by atoms with van der Waals surface area (Å²) in [6.07, 6.45) is 11.1. The molecular weight excluding hydrogens is 518 g/mol. The van der Waals surface area contributed by atoms with Crippen LogP contribution in [0, 0.1) is 0 Å². The Bertz CT molecular complexity index is 1370. The predicted molar refractivity (Wildman–Crippen MR) is 175 cm³/mol. The van der Waals surface area contributed by atoms with Gasteiger partial charge in [-0.2, -0.15) is 5.10 Å². The number of hydrogen-bond acceptors (Lipinski definition) is 4. The van der Waals surface area contributed by atoms with E-state index in [1.165, 1.54) is 52.9 Å². The Kier molecular flexibility index (Phi) is 9.71. The first kappa shape index (κ1) is 29.9. The number of piperazine rings is 1. The first-order valence-corrected chi connectivity index (χ1v) is 16.1. The number of hydrogen-bond donors (Lipinski definition) is 0. The number of rotatable bonds is 11. The monoisotopic (exact) mass is 567 g/mol. The number of nitrogens with zero attached hydrogens (tertiary/aromatic N) is 5. The zero-order valence-corrected chi connectivity index (χ0v) is 26.4. The number of aromatic nitrogens is 2. The van der Waals surface area contributed by atoms with Gasteiger partial charge in [-0.25, -0.2) is 0 Å². The summed E-state index contributed by atoms with van der Waals surface area (Å²) in [6.45, 7) is 12.1. The van der Waals surface area contributed by atoms with Crippen LogP contribution >= 0.6 is 0 Å². The second-order valence-electron chi connectivity index (χ2n) is 12.1. The maximum Gasteiger partial charge on any atom is 0.227 e. The fourth-order valence-corrected chi connectivity index (χ4v) is 6.60. The molecule has 42 heavy (non-hydrogen) atoms. The van der Waals surface area contributed by atoms with Gasteiger partial charge in [-0.3, -0.25) is 9.48 Å². The highest BCUT2D eigenvalue weighted by Crippen LogP contribution is 2.39. The first-order valence-electron chi connectivity index (χ1n) is 16.1. The normalized spacial score (nSPS) is 18.1. The van der Waals surface area contributed by atoms with E-state index in [1.807, 2.05) is 17.1 Å². The summed E-state index contributed by atoms with van der Waals surface area (Å²) in [7, 11) is 2.29. The van der Waals surface area contributed by atoms with E-state index in [4.69, 9.17) is 0 Å². The van der Waals surface area contributed by atoms with Gasteiger partial charge in [0.2, 0.25) is 5.91 Å². The highest BCUT2D eigenvalue weighted by molar-refractivity contribution is 5.82. The Morgan fingerprint density at radius 1 is 1.00 bits per heavy atom. The number of carbonyl (C=O) groups is 1. The molecule has 0 N–H and O–H groups in total. The molecule has 2 fully saturated rings. The molecule has 1 aliphatic heterocycles. The summed E-state index contributed by atoms with van der Waals surface area (Å²) in [5, 5.41) is 4.39. The molecule has 2 heterocycles. The molecule has 1 saturated carbocycles. The van der Waals surface area contributed by atoms with Crippen LogP contribution in [0.2, 0.25) is 0 Å². The molecule has 0 radical (unpaired) electrons. The Labute approximate surface area is 253 Å². The molecule has 5 rings (SSSR count). The second-order valence-corrected chi connectivity index (χ2v) is 12.1. The van der Waals surface area contributed by atoms with Gasteiger partial charge in [-0.1, -0.05) is 55.8 Å². The third kappa shape index (κ3) is 6.58. The van der Waals surface area contributed by atoms with E-state index in [0.29, 0.717) is 12.5 Å². The smallest absolute Gasteiger partial charge is 0.227 e. The van der Waals surface area contributed by atoms with Crippen molar-refractivity contribution in [2.75, 3.05) is 36.5 Å². The first-order chi connectivity index (χ1) is 20.4. The highest BCUT2D eigenvalue weighted by Gasteiger charge is 2.32. The van der Waals surface area contributed by atoms with Crippen molar-refractivity contribution in [3.63, 3.8) is 0 Å². The number of amides is 1. The van der Waals surface area contributed by atoms with Crippen LogP contribution in [0.15, 0.2) is 66.5 Å². The Balaban J connectivity index is 1.43. The van der Waals surface area contributed by atoms with E-state index in [-0.39, 0.29) is 11.9 Å². The molecule has 6 nitrogen and oxygen atoms in total. The SMILES string of the molecule is CCC(C)=C(CC)c1ccc(N2CCN(C(=O)Cc3cnn(CC)c3)C(Cc3ccccc3)C2)cc1N(C)C1CCC1. The average molecular weight is 568 g/mol. The number of carbonyl (C=O) groups excluding carboxylic acids is 1. The summed E-state index contributed by atoms with van der Waals surface area (Å²) in [5.74, 6) is 0.194. The molecule has 224 valence electrons. The molecule has 2 aliphatic rings. The largest absolute Gasteiger partial charge is 0.371 e. The fourth-order valence-electron chi connectivity index (χ4n) is 6.60. The standard InChI is InChI=1S/C36H49N5O/c1-6-27(4)33(7-2)34-18-17-31(23-35(34)38(5)30-15-12-16-30)39-19-20-41(32(26-39)21-28-13-10-9-11-14-28)36(42)22-29-24-37-40(8-3)25-29/h9-11,13-14,17-18,23-25,30,32H,6-8,12,15-16,19-22,26H2,1-5H3. The molecule has 1 aromatic heterocycles. The molecule has 1 atom stereocenters. The average Bonchev–Trinajstić information content (AvgIpc) is 3.44. The van der Waals surface area contributed by atoms with Crippen molar-refractivity contribution in [3.8, 4) is 0 Å². The van der Waals surface area contributed by atoms with Crippen LogP contribution in [0.25, 0.3) is 5.57 Å². The van der Waals surface area contributed by atoms with Crippen LogP contribution in [0.5, 0.6) is 0 Å². The zero-order valence-electron chi connectivity index (χ0n) is 26.4. The van der Waals surface area contributed by atoms with Gasteiger partial charge in [-0.05, 0) is 81.2 Å². The van der Waals surface area contributed by atoms with Gasteiger partial charge >= 0.3 is 0 Å². The van der Waals surface area contributed by atoms with Gasteiger partial charge in [0.05, 0.1) is 18.7 Å². The maximum absolute atomic E-state index is 13.7. The van der Waals surface area contributed by atoms with Crippen LogP contribution in [0.3, 0.4) is 0 Å². The van der Waals surface area contributed by atoms with E-state index in [0.717, 1.165) is 51.0 Å². The van der Waals surface area contributed by atoms with Crippen molar-refractivity contribution in [2.24, 2.45) is 0 Å². The molecule has 2 aromatic carbocycles. The zero-order chi connectivity index (χ0) is 29.6. The van der Waals surface area contributed by atoms with Crippen molar-refractivity contribution >= 4 is 22.9 Å². The lowest BCUT2D eigenvalue weighted by molar-refractivity contribution is -0.133. The maximum atomic E-state index is 13.7. The van der Waals surface area contributed by atoms with Crippen molar-refractivity contribution in [1.29, 1.82) is 0 Å². The van der Waals surface area contributed by atoms with E-state index >= 15 is 0 Å². The van der Waals surface area contributed by atoms with Gasteiger partial charge in [0, 0.05) is 62.4 Å². The van der Waals surface area contributed by atoms with Crippen molar-refractivity contribution in [1.82, 2.24) is 14.7 Å². The molecule has 1 unspecified atom stereocenters. The van der Waals surface area contributed by atoms with Gasteiger partial charge in [0.25, 0.3) is 0 Å². The lowest BCUT2D eigenvalue weighted by Gasteiger charge is -2.43. The molecule has 1 aliphatic carbocycles. The third-order valence-corrected chi connectivity index (χ3v) is 9.56. The molecule has 0 bridgehead atoms. The molecule has 6 heteroatoms.